The summed E-state index contributed by atoms with van der Waals surface area (Å²) in [6.07, 6.45) is 2.60. The first-order chi connectivity index (χ1) is 13.0. The van der Waals surface area contributed by atoms with Crippen molar-refractivity contribution in [3.8, 4) is 0 Å². The molecule has 0 N–H and O–H groups in total. The highest BCUT2D eigenvalue weighted by Gasteiger charge is 2.43. The number of Topliss-reactive ketones (excluding diaryl/α,β-unsaturated/α-hetero) is 2. The molecule has 0 heterocycles. The highest BCUT2D eigenvalue weighted by molar-refractivity contribution is 6.02. The van der Waals surface area contributed by atoms with E-state index in [1.54, 1.807) is 13.8 Å². The number of ether oxygens (including phenoxy) is 2. The summed E-state index contributed by atoms with van der Waals surface area (Å²) >= 11 is 0. The van der Waals surface area contributed by atoms with Gasteiger partial charge in [0.05, 0.1) is 6.61 Å². The summed E-state index contributed by atoms with van der Waals surface area (Å²) in [7, 11) is 0. The van der Waals surface area contributed by atoms with Crippen LogP contribution in [0, 0.1) is 35.5 Å². The van der Waals surface area contributed by atoms with E-state index in [0.29, 0.717) is 11.8 Å². The van der Waals surface area contributed by atoms with Crippen molar-refractivity contribution >= 4 is 23.5 Å². The Labute approximate surface area is 168 Å². The highest BCUT2D eigenvalue weighted by atomic mass is 16.5. The van der Waals surface area contributed by atoms with Crippen LogP contribution in [0.3, 0.4) is 0 Å². The lowest BCUT2D eigenvalue weighted by molar-refractivity contribution is -0.167. The van der Waals surface area contributed by atoms with E-state index in [-0.39, 0.29) is 18.6 Å². The summed E-state index contributed by atoms with van der Waals surface area (Å²) < 4.78 is 10.8. The number of rotatable bonds is 9. The molecule has 0 unspecified atom stereocenters. The fourth-order valence-electron chi connectivity index (χ4n) is 4.40. The first-order valence-electron chi connectivity index (χ1n) is 10.4. The minimum atomic E-state index is -1.16. The Morgan fingerprint density at radius 1 is 0.929 bits per heavy atom. The molecule has 1 saturated carbocycles. The van der Waals surface area contributed by atoms with E-state index in [0.717, 1.165) is 19.3 Å². The van der Waals surface area contributed by atoms with Gasteiger partial charge in [-0.15, -0.1) is 0 Å². The molecule has 0 aromatic rings. The molecule has 0 aliphatic heterocycles. The monoisotopic (exact) mass is 396 g/mol. The molecule has 0 radical (unpaired) electrons. The van der Waals surface area contributed by atoms with Crippen LogP contribution in [0.5, 0.6) is 0 Å². The van der Waals surface area contributed by atoms with Gasteiger partial charge in [0, 0.05) is 0 Å². The maximum Gasteiger partial charge on any atom is 0.317 e. The minimum absolute atomic E-state index is 0.126. The molecule has 6 heteroatoms. The number of esters is 2. The van der Waals surface area contributed by atoms with Gasteiger partial charge in [-0.25, -0.2) is 0 Å². The van der Waals surface area contributed by atoms with Crippen LogP contribution >= 0.6 is 0 Å². The first-order valence-corrected chi connectivity index (χ1v) is 10.4. The summed E-state index contributed by atoms with van der Waals surface area (Å²) in [6.45, 7) is 12.3. The number of hydrogen-bond donors (Lipinski definition) is 0. The molecule has 0 saturated heterocycles. The van der Waals surface area contributed by atoms with Gasteiger partial charge in [-0.3, -0.25) is 19.2 Å². The Hall–Kier alpha value is -1.72. The van der Waals surface area contributed by atoms with Crippen molar-refractivity contribution < 1.29 is 28.7 Å². The fourth-order valence-corrected chi connectivity index (χ4v) is 4.40. The molecular formula is C22H36O6. The summed E-state index contributed by atoms with van der Waals surface area (Å²) in [5, 5.41) is 0. The molecule has 6 atom stereocenters. The van der Waals surface area contributed by atoms with Crippen LogP contribution in [0.1, 0.15) is 67.7 Å². The van der Waals surface area contributed by atoms with Gasteiger partial charge in [0.15, 0.2) is 0 Å². The summed E-state index contributed by atoms with van der Waals surface area (Å²) in [5.74, 6) is -4.25. The van der Waals surface area contributed by atoms with Gasteiger partial charge in [0.25, 0.3) is 0 Å². The second-order valence-corrected chi connectivity index (χ2v) is 8.59. The zero-order valence-corrected chi connectivity index (χ0v) is 18.3. The van der Waals surface area contributed by atoms with E-state index in [1.807, 2.05) is 0 Å². The molecule has 160 valence electrons. The topological polar surface area (TPSA) is 86.7 Å². The molecule has 0 bridgehead atoms. The van der Waals surface area contributed by atoms with Crippen LogP contribution in [0.2, 0.25) is 0 Å². The Balaban J connectivity index is 3.05. The molecule has 0 amide bonds. The molecule has 1 rings (SSSR count). The standard InChI is InChI=1S/C22H36O6/c1-8-27-21(25)19(15(6)23)14(5)20(16(7)24)22(26)28-18-11-13(4)9-10-17(18)12(2)3/h12-14,17-20H,8-11H2,1-7H3/t13-,14-,17-,18+,19-,20+/m0/s1. The van der Waals surface area contributed by atoms with Crippen LogP contribution in [0.15, 0.2) is 0 Å². The van der Waals surface area contributed by atoms with Crippen LogP contribution in [-0.4, -0.2) is 36.2 Å². The van der Waals surface area contributed by atoms with Crippen LogP contribution in [-0.2, 0) is 28.7 Å². The fraction of sp³-hybridized carbons (Fsp3) is 0.818. The summed E-state index contributed by atoms with van der Waals surface area (Å²) in [4.78, 5) is 49.6. The Morgan fingerprint density at radius 2 is 1.46 bits per heavy atom. The molecular weight excluding hydrogens is 360 g/mol. The van der Waals surface area contributed by atoms with Crippen molar-refractivity contribution in [1.29, 1.82) is 0 Å². The van der Waals surface area contributed by atoms with Gasteiger partial charge in [-0.1, -0.05) is 34.1 Å². The van der Waals surface area contributed by atoms with Crippen molar-refractivity contribution in [3.05, 3.63) is 0 Å². The van der Waals surface area contributed by atoms with Gasteiger partial charge in [0.2, 0.25) is 0 Å². The SMILES string of the molecule is CCOC(=O)[C@H](C(C)=O)[C@H](C)[C@H](C(C)=O)C(=O)O[C@@H]1C[C@@H](C)CC[C@H]1C(C)C. The molecule has 1 aliphatic rings. The lowest BCUT2D eigenvalue weighted by atomic mass is 9.75. The number of hydrogen-bond acceptors (Lipinski definition) is 6. The average Bonchev–Trinajstić information content (AvgIpc) is 2.54. The van der Waals surface area contributed by atoms with Crippen LogP contribution in [0.4, 0.5) is 0 Å². The average molecular weight is 397 g/mol. The van der Waals surface area contributed by atoms with Crippen molar-refractivity contribution in [3.63, 3.8) is 0 Å². The quantitative estimate of drug-likeness (QED) is 0.437. The van der Waals surface area contributed by atoms with Gasteiger partial charge in [-0.2, -0.15) is 0 Å². The third kappa shape index (κ3) is 6.14. The van der Waals surface area contributed by atoms with Crippen molar-refractivity contribution in [2.75, 3.05) is 6.61 Å². The van der Waals surface area contributed by atoms with E-state index >= 15 is 0 Å². The third-order valence-corrected chi connectivity index (χ3v) is 5.95. The molecule has 0 aromatic heterocycles. The van der Waals surface area contributed by atoms with Crippen molar-refractivity contribution in [1.82, 2.24) is 0 Å². The lowest BCUT2D eigenvalue weighted by Gasteiger charge is -2.37. The van der Waals surface area contributed by atoms with Gasteiger partial charge < -0.3 is 9.47 Å². The largest absolute Gasteiger partial charge is 0.465 e. The highest BCUT2D eigenvalue weighted by Crippen LogP contribution is 2.36. The molecule has 1 aliphatic carbocycles. The number of carbonyl (C=O) groups excluding carboxylic acids is 4. The second-order valence-electron chi connectivity index (χ2n) is 8.59. The zero-order chi connectivity index (χ0) is 21.6. The second kappa shape index (κ2) is 10.7. The van der Waals surface area contributed by atoms with Gasteiger partial charge in [-0.05, 0) is 57.3 Å². The lowest BCUT2D eigenvalue weighted by Crippen LogP contribution is -2.43. The maximum absolute atomic E-state index is 13.0. The minimum Gasteiger partial charge on any atom is -0.465 e. The number of ketones is 2. The third-order valence-electron chi connectivity index (χ3n) is 5.95. The smallest absolute Gasteiger partial charge is 0.317 e. The molecule has 6 nitrogen and oxygen atoms in total. The molecule has 0 spiro atoms. The van der Waals surface area contributed by atoms with E-state index < -0.39 is 41.3 Å². The van der Waals surface area contributed by atoms with E-state index in [9.17, 15) is 19.2 Å². The van der Waals surface area contributed by atoms with Crippen LogP contribution in [0.25, 0.3) is 0 Å². The van der Waals surface area contributed by atoms with E-state index in [2.05, 4.69) is 20.8 Å². The van der Waals surface area contributed by atoms with Crippen molar-refractivity contribution in [2.24, 2.45) is 35.5 Å². The Bertz CT molecular complexity index is 582. The van der Waals surface area contributed by atoms with Crippen LogP contribution < -0.4 is 0 Å². The summed E-state index contributed by atoms with van der Waals surface area (Å²) in [5.41, 5.74) is 0. The predicted octanol–water partition coefficient (Wildman–Crippen LogP) is 3.60. The molecule has 28 heavy (non-hydrogen) atoms. The molecule has 1 fully saturated rings. The first kappa shape index (κ1) is 24.3. The number of carbonyl (C=O) groups is 4. The van der Waals surface area contributed by atoms with Gasteiger partial charge in [0.1, 0.15) is 29.5 Å². The molecule has 0 aromatic carbocycles. The predicted molar refractivity (Wildman–Crippen MR) is 105 cm³/mol. The summed E-state index contributed by atoms with van der Waals surface area (Å²) in [6, 6.07) is 0. The Morgan fingerprint density at radius 3 is 1.93 bits per heavy atom. The van der Waals surface area contributed by atoms with Crippen molar-refractivity contribution in [2.45, 2.75) is 73.8 Å². The van der Waals surface area contributed by atoms with E-state index in [1.165, 1.54) is 13.8 Å². The van der Waals surface area contributed by atoms with Gasteiger partial charge >= 0.3 is 11.9 Å². The maximum atomic E-state index is 13.0. The zero-order valence-electron chi connectivity index (χ0n) is 18.3. The Kier molecular flexibility index (Phi) is 9.31. The van der Waals surface area contributed by atoms with E-state index in [4.69, 9.17) is 9.47 Å². The normalized spacial score (nSPS) is 25.5.